The molecular weight excluding hydrogens is 244 g/mol. The molecule has 0 aliphatic carbocycles. The van der Waals surface area contributed by atoms with Gasteiger partial charge in [0.05, 0.1) is 31.7 Å². The number of benzene rings is 1. The van der Waals surface area contributed by atoms with Crippen molar-refractivity contribution in [1.29, 1.82) is 0 Å². The van der Waals surface area contributed by atoms with E-state index < -0.39 is 0 Å². The molecule has 0 spiro atoms. The summed E-state index contributed by atoms with van der Waals surface area (Å²) in [7, 11) is 0. The predicted octanol–water partition coefficient (Wildman–Crippen LogP) is 0.669. The maximum atomic E-state index is 11.9. The molecule has 5 heteroatoms. The van der Waals surface area contributed by atoms with Crippen LogP contribution in [0.1, 0.15) is 20.3 Å². The van der Waals surface area contributed by atoms with Crippen LogP contribution in [-0.4, -0.2) is 32.3 Å². The quantitative estimate of drug-likeness (QED) is 0.795. The molecule has 0 fully saturated rings. The molecule has 0 atom stereocenters. The second-order valence-corrected chi connectivity index (χ2v) is 4.54. The fourth-order valence-electron chi connectivity index (χ4n) is 2.14. The lowest BCUT2D eigenvalue weighted by Gasteiger charge is -2.15. The van der Waals surface area contributed by atoms with Crippen LogP contribution < -0.4 is 19.7 Å². The molecule has 0 bridgehead atoms. The van der Waals surface area contributed by atoms with Crippen molar-refractivity contribution in [1.82, 2.24) is 0 Å². The van der Waals surface area contributed by atoms with E-state index in [4.69, 9.17) is 9.47 Å². The average molecular weight is 265 g/mol. The Kier molecular flexibility index (Phi) is 4.63. The van der Waals surface area contributed by atoms with Crippen molar-refractivity contribution in [3.8, 4) is 11.5 Å². The summed E-state index contributed by atoms with van der Waals surface area (Å²) in [6, 6.07) is 5.51. The van der Waals surface area contributed by atoms with Crippen molar-refractivity contribution in [2.45, 2.75) is 20.3 Å². The van der Waals surface area contributed by atoms with Gasteiger partial charge in [-0.2, -0.15) is 0 Å². The first kappa shape index (κ1) is 13.7. The number of hydrogen-bond acceptors (Lipinski definition) is 3. The average Bonchev–Trinajstić information content (AvgIpc) is 2.89. The molecule has 0 unspecified atom stereocenters. The molecule has 0 radical (unpaired) electrons. The van der Waals surface area contributed by atoms with Gasteiger partial charge in [0.25, 0.3) is 0 Å². The molecule has 19 heavy (non-hydrogen) atoms. The molecule has 1 aromatic carbocycles. The standard InChI is InChI=1S/C14H20N2O3/c1-3-16(4-2)9-8-13(17)15-11-6-5-7-12-14(11)19-10-18-12/h5-7H,3-4,8-10H2,1-2H3,(H,15,17)/p+1. The van der Waals surface area contributed by atoms with E-state index in [1.807, 2.05) is 18.2 Å². The Morgan fingerprint density at radius 3 is 2.84 bits per heavy atom. The molecule has 1 aromatic rings. The highest BCUT2D eigenvalue weighted by atomic mass is 16.7. The first-order valence-electron chi connectivity index (χ1n) is 6.76. The van der Waals surface area contributed by atoms with Gasteiger partial charge in [0.2, 0.25) is 12.7 Å². The van der Waals surface area contributed by atoms with Gasteiger partial charge in [-0.1, -0.05) is 6.07 Å². The van der Waals surface area contributed by atoms with Crippen molar-refractivity contribution in [2.75, 3.05) is 31.7 Å². The lowest BCUT2D eigenvalue weighted by Crippen LogP contribution is -3.11. The van der Waals surface area contributed by atoms with Crippen LogP contribution in [0, 0.1) is 0 Å². The van der Waals surface area contributed by atoms with Crippen LogP contribution in [0.2, 0.25) is 0 Å². The van der Waals surface area contributed by atoms with Crippen LogP contribution in [0.15, 0.2) is 18.2 Å². The Morgan fingerprint density at radius 1 is 1.32 bits per heavy atom. The molecule has 0 saturated carbocycles. The molecule has 2 N–H and O–H groups in total. The first-order valence-corrected chi connectivity index (χ1v) is 6.76. The van der Waals surface area contributed by atoms with Crippen LogP contribution in [0.3, 0.4) is 0 Å². The SMILES string of the molecule is CC[NH+](CC)CCC(=O)Nc1cccc2c1OCO2. The minimum atomic E-state index is 0.0169. The number of nitrogens with one attached hydrogen (secondary N) is 2. The number of quaternary nitrogens is 1. The van der Waals surface area contributed by atoms with Crippen molar-refractivity contribution >= 4 is 11.6 Å². The molecule has 1 heterocycles. The fraction of sp³-hybridized carbons (Fsp3) is 0.500. The van der Waals surface area contributed by atoms with E-state index in [0.717, 1.165) is 19.6 Å². The maximum Gasteiger partial charge on any atom is 0.231 e. The normalized spacial score (nSPS) is 12.8. The Bertz CT molecular complexity index is 444. The lowest BCUT2D eigenvalue weighted by molar-refractivity contribution is -0.895. The van der Waals surface area contributed by atoms with E-state index >= 15 is 0 Å². The third-order valence-electron chi connectivity index (χ3n) is 3.38. The molecule has 104 valence electrons. The van der Waals surface area contributed by atoms with Crippen LogP contribution in [0.4, 0.5) is 5.69 Å². The van der Waals surface area contributed by atoms with Gasteiger partial charge in [-0.05, 0) is 26.0 Å². The number of rotatable bonds is 6. The molecule has 5 nitrogen and oxygen atoms in total. The topological polar surface area (TPSA) is 52.0 Å². The maximum absolute atomic E-state index is 11.9. The highest BCUT2D eigenvalue weighted by Crippen LogP contribution is 2.38. The first-order chi connectivity index (χ1) is 9.24. The van der Waals surface area contributed by atoms with Crippen molar-refractivity contribution in [2.24, 2.45) is 0 Å². The van der Waals surface area contributed by atoms with Crippen LogP contribution in [-0.2, 0) is 4.79 Å². The summed E-state index contributed by atoms with van der Waals surface area (Å²) in [6.45, 7) is 7.41. The monoisotopic (exact) mass is 265 g/mol. The highest BCUT2D eigenvalue weighted by Gasteiger charge is 2.18. The Morgan fingerprint density at radius 2 is 2.11 bits per heavy atom. The fourth-order valence-corrected chi connectivity index (χ4v) is 2.14. The number of carbonyl (C=O) groups excluding carboxylic acids is 1. The van der Waals surface area contributed by atoms with E-state index in [1.165, 1.54) is 4.90 Å². The number of fused-ring (bicyclic) bond motifs is 1. The second-order valence-electron chi connectivity index (χ2n) is 4.54. The lowest BCUT2D eigenvalue weighted by atomic mass is 10.2. The van der Waals surface area contributed by atoms with E-state index in [2.05, 4.69) is 19.2 Å². The molecule has 0 aromatic heterocycles. The van der Waals surface area contributed by atoms with E-state index in [9.17, 15) is 4.79 Å². The Hall–Kier alpha value is -1.75. The summed E-state index contributed by atoms with van der Waals surface area (Å²) in [4.78, 5) is 13.4. The number of amides is 1. The number of ether oxygens (including phenoxy) is 2. The summed E-state index contributed by atoms with van der Waals surface area (Å²) in [5.74, 6) is 1.33. The van der Waals surface area contributed by atoms with Gasteiger partial charge < -0.3 is 19.7 Å². The Balaban J connectivity index is 1.91. The van der Waals surface area contributed by atoms with Crippen molar-refractivity contribution in [3.05, 3.63) is 18.2 Å². The molecule has 1 amide bonds. The number of anilines is 1. The highest BCUT2D eigenvalue weighted by molar-refractivity contribution is 5.93. The summed E-state index contributed by atoms with van der Waals surface area (Å²) in [6.07, 6.45) is 0.515. The molecular formula is C14H21N2O3+. The number of carbonyl (C=O) groups is 1. The van der Waals surface area contributed by atoms with Gasteiger partial charge in [0, 0.05) is 0 Å². The van der Waals surface area contributed by atoms with E-state index in [1.54, 1.807) is 0 Å². The minimum Gasteiger partial charge on any atom is -0.454 e. The summed E-state index contributed by atoms with van der Waals surface area (Å²) >= 11 is 0. The summed E-state index contributed by atoms with van der Waals surface area (Å²) < 4.78 is 10.6. The number of para-hydroxylation sites is 1. The zero-order valence-electron chi connectivity index (χ0n) is 11.5. The summed E-state index contributed by atoms with van der Waals surface area (Å²) in [5.41, 5.74) is 0.689. The molecule has 2 rings (SSSR count). The van der Waals surface area contributed by atoms with Crippen LogP contribution >= 0.6 is 0 Å². The van der Waals surface area contributed by atoms with Gasteiger partial charge in [-0.3, -0.25) is 4.79 Å². The van der Waals surface area contributed by atoms with Gasteiger partial charge in [-0.25, -0.2) is 0 Å². The molecule has 1 aliphatic rings. The van der Waals surface area contributed by atoms with Gasteiger partial charge >= 0.3 is 0 Å². The van der Waals surface area contributed by atoms with Crippen LogP contribution in [0.5, 0.6) is 11.5 Å². The van der Waals surface area contributed by atoms with Gasteiger partial charge in [0.15, 0.2) is 11.5 Å². The predicted molar refractivity (Wildman–Crippen MR) is 72.7 cm³/mol. The minimum absolute atomic E-state index is 0.0169. The van der Waals surface area contributed by atoms with Crippen molar-refractivity contribution < 1.29 is 19.2 Å². The van der Waals surface area contributed by atoms with E-state index in [0.29, 0.717) is 23.6 Å². The third kappa shape index (κ3) is 3.38. The number of hydrogen-bond donors (Lipinski definition) is 2. The van der Waals surface area contributed by atoms with Crippen molar-refractivity contribution in [3.63, 3.8) is 0 Å². The van der Waals surface area contributed by atoms with Gasteiger partial charge in [-0.15, -0.1) is 0 Å². The smallest absolute Gasteiger partial charge is 0.231 e. The Labute approximate surface area is 113 Å². The molecule has 1 aliphatic heterocycles. The summed E-state index contributed by atoms with van der Waals surface area (Å²) in [5, 5.41) is 2.89. The second kappa shape index (κ2) is 6.43. The van der Waals surface area contributed by atoms with Gasteiger partial charge in [0.1, 0.15) is 0 Å². The largest absolute Gasteiger partial charge is 0.454 e. The van der Waals surface area contributed by atoms with Crippen LogP contribution in [0.25, 0.3) is 0 Å². The third-order valence-corrected chi connectivity index (χ3v) is 3.38. The van der Waals surface area contributed by atoms with E-state index in [-0.39, 0.29) is 12.7 Å². The zero-order valence-corrected chi connectivity index (χ0v) is 11.5. The zero-order chi connectivity index (χ0) is 13.7. The molecule has 0 saturated heterocycles.